The third-order valence-corrected chi connectivity index (χ3v) is 2.91. The van der Waals surface area contributed by atoms with Crippen LogP contribution in [0.4, 0.5) is 18.9 Å². The fraction of sp³-hybridized carbons (Fsp3) is 0.0714. The summed E-state index contributed by atoms with van der Waals surface area (Å²) in [7, 11) is 0. The van der Waals surface area contributed by atoms with Crippen molar-refractivity contribution in [2.24, 2.45) is 10.7 Å². The summed E-state index contributed by atoms with van der Waals surface area (Å²) in [6.07, 6.45) is -3.53. The first-order chi connectivity index (χ1) is 9.43. The van der Waals surface area contributed by atoms with Crippen molar-refractivity contribution in [1.82, 2.24) is 0 Å². The fourth-order valence-electron chi connectivity index (χ4n) is 1.91. The fourth-order valence-corrected chi connectivity index (χ4v) is 2.10. The Hall–Kier alpha value is -2.01. The Kier molecular flexibility index (Phi) is 3.99. The SMILES string of the molecule is NC=Nc1cccc(C(F)(F)F)c1-c1cccc(Cl)c1. The Bertz CT molecular complexity index is 651. The van der Waals surface area contributed by atoms with Crippen LogP contribution in [0, 0.1) is 0 Å². The molecule has 0 saturated heterocycles. The molecule has 2 aromatic rings. The molecule has 0 aliphatic heterocycles. The van der Waals surface area contributed by atoms with Gasteiger partial charge in [0.2, 0.25) is 0 Å². The lowest BCUT2D eigenvalue weighted by Crippen LogP contribution is -2.07. The summed E-state index contributed by atoms with van der Waals surface area (Å²) in [6.45, 7) is 0. The van der Waals surface area contributed by atoms with Crippen molar-refractivity contribution < 1.29 is 13.2 Å². The van der Waals surface area contributed by atoms with Crippen LogP contribution in [0.5, 0.6) is 0 Å². The lowest BCUT2D eigenvalue weighted by molar-refractivity contribution is -0.137. The predicted octanol–water partition coefficient (Wildman–Crippen LogP) is 4.64. The van der Waals surface area contributed by atoms with E-state index in [9.17, 15) is 13.2 Å². The largest absolute Gasteiger partial charge is 0.417 e. The van der Waals surface area contributed by atoms with Gasteiger partial charge in [-0.05, 0) is 29.8 Å². The molecular weight excluding hydrogens is 289 g/mol. The quantitative estimate of drug-likeness (QED) is 0.636. The number of rotatable bonds is 2. The van der Waals surface area contributed by atoms with Gasteiger partial charge in [0.1, 0.15) is 0 Å². The molecular formula is C14H10ClF3N2. The number of hydrogen-bond donors (Lipinski definition) is 1. The van der Waals surface area contributed by atoms with Crippen molar-refractivity contribution in [3.63, 3.8) is 0 Å². The molecule has 2 nitrogen and oxygen atoms in total. The van der Waals surface area contributed by atoms with Crippen molar-refractivity contribution in [1.29, 1.82) is 0 Å². The van der Waals surface area contributed by atoms with E-state index in [1.807, 2.05) is 0 Å². The summed E-state index contributed by atoms with van der Waals surface area (Å²) in [5.41, 5.74) is 4.87. The minimum absolute atomic E-state index is 0.0378. The Morgan fingerprint density at radius 1 is 1.10 bits per heavy atom. The summed E-state index contributed by atoms with van der Waals surface area (Å²) in [4.78, 5) is 3.80. The topological polar surface area (TPSA) is 38.4 Å². The number of halogens is 4. The third-order valence-electron chi connectivity index (χ3n) is 2.67. The van der Waals surface area contributed by atoms with Gasteiger partial charge in [0.15, 0.2) is 0 Å². The average molecular weight is 299 g/mol. The molecule has 2 N–H and O–H groups in total. The molecule has 0 heterocycles. The van der Waals surface area contributed by atoms with E-state index in [4.69, 9.17) is 17.3 Å². The lowest BCUT2D eigenvalue weighted by Gasteiger charge is -2.15. The molecule has 2 rings (SSSR count). The predicted molar refractivity (Wildman–Crippen MR) is 74.2 cm³/mol. The van der Waals surface area contributed by atoms with Crippen LogP contribution in [0.1, 0.15) is 5.56 Å². The highest BCUT2D eigenvalue weighted by molar-refractivity contribution is 6.30. The molecule has 0 fully saturated rings. The monoisotopic (exact) mass is 298 g/mol. The average Bonchev–Trinajstić information content (AvgIpc) is 2.38. The second-order valence-corrected chi connectivity index (χ2v) is 4.42. The Morgan fingerprint density at radius 2 is 1.80 bits per heavy atom. The van der Waals surface area contributed by atoms with Gasteiger partial charge in [-0.3, -0.25) is 0 Å². The number of benzene rings is 2. The second-order valence-electron chi connectivity index (χ2n) is 3.99. The molecule has 0 aromatic heterocycles. The van der Waals surface area contributed by atoms with E-state index in [0.717, 1.165) is 12.4 Å². The van der Waals surface area contributed by atoms with Crippen molar-refractivity contribution in [2.75, 3.05) is 0 Å². The molecule has 0 bridgehead atoms. The molecule has 0 atom stereocenters. The van der Waals surface area contributed by atoms with E-state index in [0.29, 0.717) is 10.6 Å². The van der Waals surface area contributed by atoms with Gasteiger partial charge in [-0.15, -0.1) is 0 Å². The van der Waals surface area contributed by atoms with Crippen LogP contribution in [0.15, 0.2) is 47.5 Å². The van der Waals surface area contributed by atoms with Gasteiger partial charge in [0, 0.05) is 10.6 Å². The maximum atomic E-state index is 13.1. The van der Waals surface area contributed by atoms with Crippen LogP contribution in [0.3, 0.4) is 0 Å². The molecule has 20 heavy (non-hydrogen) atoms. The van der Waals surface area contributed by atoms with Crippen LogP contribution in [-0.4, -0.2) is 6.34 Å². The molecule has 2 aromatic carbocycles. The molecule has 6 heteroatoms. The molecule has 0 unspecified atom stereocenters. The number of alkyl halides is 3. The first-order valence-corrected chi connectivity index (χ1v) is 6.01. The van der Waals surface area contributed by atoms with Crippen molar-refractivity contribution in [3.8, 4) is 11.1 Å². The van der Waals surface area contributed by atoms with Gasteiger partial charge in [-0.2, -0.15) is 13.2 Å². The smallest absolute Gasteiger partial charge is 0.390 e. The van der Waals surface area contributed by atoms with E-state index < -0.39 is 11.7 Å². The molecule has 0 aliphatic rings. The van der Waals surface area contributed by atoms with Crippen molar-refractivity contribution in [2.45, 2.75) is 6.18 Å². The van der Waals surface area contributed by atoms with Gasteiger partial charge < -0.3 is 5.73 Å². The Labute approximate surface area is 118 Å². The minimum Gasteiger partial charge on any atom is -0.390 e. The third kappa shape index (κ3) is 2.93. The molecule has 0 amide bonds. The number of aliphatic imine (C=N–C) groups is 1. The van der Waals surface area contributed by atoms with E-state index in [1.54, 1.807) is 18.2 Å². The molecule has 104 valence electrons. The molecule has 0 saturated carbocycles. The zero-order valence-electron chi connectivity index (χ0n) is 10.2. The summed E-state index contributed by atoms with van der Waals surface area (Å²) >= 11 is 5.85. The first kappa shape index (κ1) is 14.4. The zero-order valence-corrected chi connectivity index (χ0v) is 10.9. The zero-order chi connectivity index (χ0) is 14.8. The highest BCUT2D eigenvalue weighted by Gasteiger charge is 2.34. The van der Waals surface area contributed by atoms with Gasteiger partial charge >= 0.3 is 6.18 Å². The van der Waals surface area contributed by atoms with Crippen LogP contribution in [0.2, 0.25) is 5.02 Å². The van der Waals surface area contributed by atoms with Gasteiger partial charge in [-0.25, -0.2) is 4.99 Å². The summed E-state index contributed by atoms with van der Waals surface area (Å²) in [5.74, 6) is 0. The van der Waals surface area contributed by atoms with E-state index in [-0.39, 0.29) is 11.3 Å². The van der Waals surface area contributed by atoms with E-state index in [1.165, 1.54) is 18.2 Å². The van der Waals surface area contributed by atoms with E-state index >= 15 is 0 Å². The van der Waals surface area contributed by atoms with Gasteiger partial charge in [0.25, 0.3) is 0 Å². The Balaban J connectivity index is 2.76. The van der Waals surface area contributed by atoms with Crippen molar-refractivity contribution >= 4 is 23.6 Å². The lowest BCUT2D eigenvalue weighted by atomic mass is 9.97. The van der Waals surface area contributed by atoms with Gasteiger partial charge in [0.05, 0.1) is 17.6 Å². The Morgan fingerprint density at radius 3 is 2.40 bits per heavy atom. The highest BCUT2D eigenvalue weighted by atomic mass is 35.5. The first-order valence-electron chi connectivity index (χ1n) is 5.64. The number of hydrogen-bond acceptors (Lipinski definition) is 1. The number of nitrogens with two attached hydrogens (primary N) is 1. The minimum atomic E-state index is -4.49. The second kappa shape index (κ2) is 5.54. The molecule has 0 aliphatic carbocycles. The summed E-state index contributed by atoms with van der Waals surface area (Å²) in [6, 6.07) is 9.95. The van der Waals surface area contributed by atoms with E-state index in [2.05, 4.69) is 4.99 Å². The van der Waals surface area contributed by atoms with Crippen LogP contribution >= 0.6 is 11.6 Å². The maximum Gasteiger partial charge on any atom is 0.417 e. The maximum absolute atomic E-state index is 13.1. The molecule has 0 radical (unpaired) electrons. The van der Waals surface area contributed by atoms with Crippen LogP contribution < -0.4 is 5.73 Å². The van der Waals surface area contributed by atoms with Gasteiger partial charge in [-0.1, -0.05) is 29.8 Å². The van der Waals surface area contributed by atoms with Crippen molar-refractivity contribution in [3.05, 3.63) is 53.1 Å². The van der Waals surface area contributed by atoms with Crippen LogP contribution in [-0.2, 0) is 6.18 Å². The normalized spacial score (nSPS) is 12.0. The standard InChI is InChI=1S/C14H10ClF3N2/c15-10-4-1-3-9(7-10)13-11(14(16,17)18)5-2-6-12(13)20-8-19/h1-8H,(H2,19,20). The summed E-state index contributed by atoms with van der Waals surface area (Å²) < 4.78 is 39.4. The highest BCUT2D eigenvalue weighted by Crippen LogP contribution is 2.42. The summed E-state index contributed by atoms with van der Waals surface area (Å²) in [5, 5.41) is 0.349. The molecule has 0 spiro atoms. The van der Waals surface area contributed by atoms with Crippen LogP contribution in [0.25, 0.3) is 11.1 Å². The number of nitrogens with zero attached hydrogens (tertiary/aromatic N) is 1.